The van der Waals surface area contributed by atoms with Crippen molar-refractivity contribution in [3.05, 3.63) is 0 Å². The van der Waals surface area contributed by atoms with E-state index in [2.05, 4.69) is 39.4 Å². The first-order valence-electron chi connectivity index (χ1n) is 6.53. The topological polar surface area (TPSA) is 92.2 Å². The van der Waals surface area contributed by atoms with Crippen LogP contribution in [0.4, 0.5) is 11.9 Å². The third-order valence-electron chi connectivity index (χ3n) is 2.35. The summed E-state index contributed by atoms with van der Waals surface area (Å²) in [7, 11) is 1.72. The van der Waals surface area contributed by atoms with Gasteiger partial charge in [0.05, 0.1) is 12.7 Å². The number of aliphatic hydroxyl groups is 1. The van der Waals surface area contributed by atoms with E-state index in [0.29, 0.717) is 31.0 Å². The fourth-order valence-corrected chi connectivity index (χ4v) is 1.58. The quantitative estimate of drug-likeness (QED) is 0.651. The Bertz CT molecular complexity index is 386. The van der Waals surface area contributed by atoms with E-state index in [0.717, 1.165) is 6.42 Å². The van der Waals surface area contributed by atoms with Crippen LogP contribution in [-0.4, -0.2) is 46.4 Å². The van der Waals surface area contributed by atoms with Crippen LogP contribution in [0.2, 0.25) is 0 Å². The second kappa shape index (κ2) is 7.73. The maximum Gasteiger partial charge on any atom is 0.323 e. The first kappa shape index (κ1) is 15.4. The number of aromatic nitrogens is 3. The third-order valence-corrected chi connectivity index (χ3v) is 2.35. The van der Waals surface area contributed by atoms with E-state index in [-0.39, 0.29) is 6.01 Å². The number of hydrogen-bond acceptors (Lipinski definition) is 7. The lowest BCUT2D eigenvalue weighted by Gasteiger charge is -2.14. The van der Waals surface area contributed by atoms with Gasteiger partial charge in [-0.25, -0.2) is 0 Å². The van der Waals surface area contributed by atoms with Crippen LogP contribution in [0, 0.1) is 5.92 Å². The number of hydrogen-bond donors (Lipinski definition) is 3. The SMILES string of the molecule is CCOc1nc(NC)nc(NCC(O)CC(C)C)n1. The van der Waals surface area contributed by atoms with Crippen molar-refractivity contribution in [1.82, 2.24) is 15.0 Å². The average molecular weight is 269 g/mol. The molecule has 0 saturated carbocycles. The molecule has 1 atom stereocenters. The summed E-state index contributed by atoms with van der Waals surface area (Å²) in [5.41, 5.74) is 0. The number of ether oxygens (including phenoxy) is 1. The van der Waals surface area contributed by atoms with Gasteiger partial charge in [-0.15, -0.1) is 0 Å². The molecule has 1 heterocycles. The molecule has 0 saturated heterocycles. The largest absolute Gasteiger partial charge is 0.464 e. The highest BCUT2D eigenvalue weighted by Crippen LogP contribution is 2.11. The van der Waals surface area contributed by atoms with Gasteiger partial charge >= 0.3 is 6.01 Å². The second-order valence-corrected chi connectivity index (χ2v) is 4.61. The van der Waals surface area contributed by atoms with E-state index in [1.165, 1.54) is 0 Å². The number of aliphatic hydroxyl groups excluding tert-OH is 1. The Balaban J connectivity index is 2.63. The minimum absolute atomic E-state index is 0.266. The van der Waals surface area contributed by atoms with Gasteiger partial charge in [-0.05, 0) is 19.3 Å². The molecule has 0 aliphatic heterocycles. The molecule has 1 rings (SSSR count). The summed E-state index contributed by atoms with van der Waals surface area (Å²) in [5, 5.41) is 15.6. The predicted molar refractivity (Wildman–Crippen MR) is 74.5 cm³/mol. The highest BCUT2D eigenvalue weighted by Gasteiger charge is 2.10. The van der Waals surface area contributed by atoms with Crippen LogP contribution in [0.1, 0.15) is 27.2 Å². The molecule has 7 nitrogen and oxygen atoms in total. The first-order chi connectivity index (χ1) is 9.05. The van der Waals surface area contributed by atoms with Gasteiger partial charge in [0.2, 0.25) is 11.9 Å². The van der Waals surface area contributed by atoms with Crippen molar-refractivity contribution >= 4 is 11.9 Å². The van der Waals surface area contributed by atoms with Crippen molar-refractivity contribution in [3.8, 4) is 6.01 Å². The van der Waals surface area contributed by atoms with Crippen molar-refractivity contribution in [3.63, 3.8) is 0 Å². The molecule has 3 N–H and O–H groups in total. The van der Waals surface area contributed by atoms with E-state index < -0.39 is 6.10 Å². The molecule has 0 aromatic carbocycles. The van der Waals surface area contributed by atoms with Crippen molar-refractivity contribution < 1.29 is 9.84 Å². The van der Waals surface area contributed by atoms with Crippen molar-refractivity contribution in [1.29, 1.82) is 0 Å². The van der Waals surface area contributed by atoms with Gasteiger partial charge in [0.25, 0.3) is 0 Å². The molecule has 1 aromatic heterocycles. The molecule has 108 valence electrons. The smallest absolute Gasteiger partial charge is 0.323 e. The molecule has 0 radical (unpaired) electrons. The Morgan fingerprint density at radius 2 is 1.89 bits per heavy atom. The predicted octanol–water partition coefficient (Wildman–Crippen LogP) is 1.13. The van der Waals surface area contributed by atoms with Gasteiger partial charge in [0.15, 0.2) is 0 Å². The normalized spacial score (nSPS) is 12.3. The number of anilines is 2. The van der Waals surface area contributed by atoms with Gasteiger partial charge in [0.1, 0.15) is 0 Å². The van der Waals surface area contributed by atoms with Crippen LogP contribution < -0.4 is 15.4 Å². The molecule has 0 aliphatic carbocycles. The zero-order valence-corrected chi connectivity index (χ0v) is 12.0. The van der Waals surface area contributed by atoms with Crippen LogP contribution in [0.25, 0.3) is 0 Å². The molecule has 1 unspecified atom stereocenters. The molecule has 0 amide bonds. The van der Waals surface area contributed by atoms with E-state index >= 15 is 0 Å². The lowest BCUT2D eigenvalue weighted by Crippen LogP contribution is -2.22. The van der Waals surface area contributed by atoms with Gasteiger partial charge < -0.3 is 20.5 Å². The Morgan fingerprint density at radius 3 is 2.47 bits per heavy atom. The summed E-state index contributed by atoms with van der Waals surface area (Å²) in [4.78, 5) is 12.3. The fraction of sp³-hybridized carbons (Fsp3) is 0.750. The fourth-order valence-electron chi connectivity index (χ4n) is 1.58. The van der Waals surface area contributed by atoms with Crippen LogP contribution in [0.3, 0.4) is 0 Å². The Kier molecular flexibility index (Phi) is 6.27. The molecule has 0 fully saturated rings. The van der Waals surface area contributed by atoms with Crippen LogP contribution in [0.15, 0.2) is 0 Å². The Labute approximate surface area is 113 Å². The molecule has 7 heteroatoms. The Morgan fingerprint density at radius 1 is 1.21 bits per heavy atom. The molecular weight excluding hydrogens is 246 g/mol. The minimum atomic E-state index is -0.426. The molecule has 0 bridgehead atoms. The first-order valence-corrected chi connectivity index (χ1v) is 6.53. The highest BCUT2D eigenvalue weighted by atomic mass is 16.5. The van der Waals surface area contributed by atoms with Crippen LogP contribution in [-0.2, 0) is 0 Å². The second-order valence-electron chi connectivity index (χ2n) is 4.61. The van der Waals surface area contributed by atoms with E-state index in [4.69, 9.17) is 4.74 Å². The maximum absolute atomic E-state index is 9.80. The van der Waals surface area contributed by atoms with Crippen molar-refractivity contribution in [2.24, 2.45) is 5.92 Å². The lowest BCUT2D eigenvalue weighted by atomic mass is 10.1. The van der Waals surface area contributed by atoms with E-state index in [1.54, 1.807) is 7.05 Å². The van der Waals surface area contributed by atoms with Gasteiger partial charge in [-0.1, -0.05) is 13.8 Å². The average Bonchev–Trinajstić information content (AvgIpc) is 2.35. The molecule has 0 aliphatic rings. The summed E-state index contributed by atoms with van der Waals surface area (Å²) >= 11 is 0. The van der Waals surface area contributed by atoms with Crippen molar-refractivity contribution in [2.75, 3.05) is 30.8 Å². The monoisotopic (exact) mass is 269 g/mol. The summed E-state index contributed by atoms with van der Waals surface area (Å²) in [5.74, 6) is 1.27. The molecule has 19 heavy (non-hydrogen) atoms. The summed E-state index contributed by atoms with van der Waals surface area (Å²) < 4.78 is 5.26. The highest BCUT2D eigenvalue weighted by molar-refractivity contribution is 5.35. The molecule has 1 aromatic rings. The molecular formula is C12H23N5O2. The number of rotatable bonds is 8. The summed E-state index contributed by atoms with van der Waals surface area (Å²) in [6.45, 7) is 6.89. The maximum atomic E-state index is 9.80. The van der Waals surface area contributed by atoms with Crippen LogP contribution >= 0.6 is 0 Å². The number of nitrogens with one attached hydrogen (secondary N) is 2. The standard InChI is InChI=1S/C12H23N5O2/c1-5-19-12-16-10(13-4)15-11(17-12)14-7-9(18)6-8(2)3/h8-9,18H,5-7H2,1-4H3,(H2,13,14,15,16,17). The van der Waals surface area contributed by atoms with E-state index in [1.807, 2.05) is 6.92 Å². The van der Waals surface area contributed by atoms with Gasteiger partial charge in [-0.2, -0.15) is 15.0 Å². The summed E-state index contributed by atoms with van der Waals surface area (Å²) in [6, 6.07) is 0.266. The van der Waals surface area contributed by atoms with Gasteiger partial charge in [0, 0.05) is 13.6 Å². The number of nitrogens with zero attached hydrogens (tertiary/aromatic N) is 3. The van der Waals surface area contributed by atoms with E-state index in [9.17, 15) is 5.11 Å². The van der Waals surface area contributed by atoms with Crippen molar-refractivity contribution in [2.45, 2.75) is 33.3 Å². The minimum Gasteiger partial charge on any atom is -0.464 e. The lowest BCUT2D eigenvalue weighted by molar-refractivity contribution is 0.161. The van der Waals surface area contributed by atoms with Crippen LogP contribution in [0.5, 0.6) is 6.01 Å². The summed E-state index contributed by atoms with van der Waals surface area (Å²) in [6.07, 6.45) is 0.306. The Hall–Kier alpha value is -1.63. The zero-order chi connectivity index (χ0) is 14.3. The third kappa shape index (κ3) is 5.69. The molecule has 0 spiro atoms. The van der Waals surface area contributed by atoms with Gasteiger partial charge in [-0.3, -0.25) is 0 Å². The zero-order valence-electron chi connectivity index (χ0n) is 12.0.